The lowest BCUT2D eigenvalue weighted by Gasteiger charge is -2.17. The topological polar surface area (TPSA) is 72.9 Å². The number of carbonyl (C=O) groups excluding carboxylic acids is 2. The predicted octanol–water partition coefficient (Wildman–Crippen LogP) is 2.06. The Labute approximate surface area is 135 Å². The molecule has 6 nitrogen and oxygen atoms in total. The maximum Gasteiger partial charge on any atom is 0.316 e. The second kappa shape index (κ2) is 6.83. The smallest absolute Gasteiger partial charge is 0.316 e. The second-order valence-electron chi connectivity index (χ2n) is 5.28. The van der Waals surface area contributed by atoms with Crippen molar-refractivity contribution in [2.24, 2.45) is 0 Å². The van der Waals surface area contributed by atoms with Crippen LogP contribution in [0.2, 0.25) is 0 Å². The molecule has 2 N–H and O–H groups in total. The van der Waals surface area contributed by atoms with E-state index in [2.05, 4.69) is 5.32 Å². The Kier molecular flexibility index (Phi) is 4.85. The van der Waals surface area contributed by atoms with Crippen molar-refractivity contribution in [3.05, 3.63) is 48.5 Å². The van der Waals surface area contributed by atoms with Crippen LogP contribution in [-0.4, -0.2) is 38.1 Å². The van der Waals surface area contributed by atoms with E-state index in [9.17, 15) is 14.7 Å². The SMILES string of the molecule is CN(C)c1ccc(NC(=O)C(=O)N(C)c2ccc(O)cc2)cc1. The molecule has 23 heavy (non-hydrogen) atoms. The molecular formula is C17H19N3O3. The third-order valence-electron chi connectivity index (χ3n) is 3.38. The number of rotatable bonds is 3. The third-order valence-corrected chi connectivity index (χ3v) is 3.38. The van der Waals surface area contributed by atoms with E-state index in [4.69, 9.17) is 0 Å². The van der Waals surface area contributed by atoms with E-state index in [1.165, 1.54) is 24.1 Å². The fourth-order valence-electron chi connectivity index (χ4n) is 1.97. The summed E-state index contributed by atoms with van der Waals surface area (Å²) in [6.45, 7) is 0. The minimum Gasteiger partial charge on any atom is -0.508 e. The lowest BCUT2D eigenvalue weighted by atomic mass is 10.2. The van der Waals surface area contributed by atoms with Gasteiger partial charge in [0.1, 0.15) is 5.75 Å². The van der Waals surface area contributed by atoms with Crippen molar-refractivity contribution in [2.45, 2.75) is 0 Å². The van der Waals surface area contributed by atoms with Crippen molar-refractivity contribution in [3.63, 3.8) is 0 Å². The molecule has 0 spiro atoms. The van der Waals surface area contributed by atoms with E-state index in [1.807, 2.05) is 31.1 Å². The summed E-state index contributed by atoms with van der Waals surface area (Å²) in [6.07, 6.45) is 0. The number of anilines is 3. The van der Waals surface area contributed by atoms with Gasteiger partial charge in [-0.2, -0.15) is 0 Å². The van der Waals surface area contributed by atoms with Crippen molar-refractivity contribution in [3.8, 4) is 5.75 Å². The van der Waals surface area contributed by atoms with Gasteiger partial charge in [-0.15, -0.1) is 0 Å². The van der Waals surface area contributed by atoms with Crippen LogP contribution in [0.3, 0.4) is 0 Å². The zero-order chi connectivity index (χ0) is 17.0. The van der Waals surface area contributed by atoms with Crippen molar-refractivity contribution in [1.82, 2.24) is 0 Å². The van der Waals surface area contributed by atoms with Gasteiger partial charge in [0.25, 0.3) is 0 Å². The summed E-state index contributed by atoms with van der Waals surface area (Å²) >= 11 is 0. The van der Waals surface area contributed by atoms with Crippen molar-refractivity contribution in [2.75, 3.05) is 36.3 Å². The van der Waals surface area contributed by atoms with Crippen LogP contribution in [0.15, 0.2) is 48.5 Å². The summed E-state index contributed by atoms with van der Waals surface area (Å²) in [5, 5.41) is 11.8. The third kappa shape index (κ3) is 4.00. The normalized spacial score (nSPS) is 10.0. The summed E-state index contributed by atoms with van der Waals surface area (Å²) in [5.74, 6) is -1.31. The van der Waals surface area contributed by atoms with Gasteiger partial charge in [-0.25, -0.2) is 0 Å². The van der Waals surface area contributed by atoms with Crippen LogP contribution >= 0.6 is 0 Å². The van der Waals surface area contributed by atoms with Gasteiger partial charge >= 0.3 is 11.8 Å². The van der Waals surface area contributed by atoms with Gasteiger partial charge in [-0.3, -0.25) is 9.59 Å². The summed E-state index contributed by atoms with van der Waals surface area (Å²) in [5.41, 5.74) is 2.06. The van der Waals surface area contributed by atoms with Crippen LogP contribution < -0.4 is 15.1 Å². The first-order valence-corrected chi connectivity index (χ1v) is 7.04. The molecule has 0 aliphatic heterocycles. The number of aromatic hydroxyl groups is 1. The standard InChI is InChI=1S/C17H19N3O3/c1-19(2)13-6-4-12(5-7-13)18-16(22)17(23)20(3)14-8-10-15(21)11-9-14/h4-11,21H,1-3H3,(H,18,22). The fourth-order valence-corrected chi connectivity index (χ4v) is 1.97. The van der Waals surface area contributed by atoms with E-state index < -0.39 is 11.8 Å². The molecule has 6 heteroatoms. The summed E-state index contributed by atoms with van der Waals surface area (Å²) < 4.78 is 0. The minimum atomic E-state index is -0.724. The monoisotopic (exact) mass is 313 g/mol. The summed E-state index contributed by atoms with van der Waals surface area (Å²) in [7, 11) is 5.34. The molecule has 120 valence electrons. The number of phenolic OH excluding ortho intramolecular Hbond substituents is 1. The number of benzene rings is 2. The minimum absolute atomic E-state index is 0.0973. The maximum atomic E-state index is 12.2. The molecule has 2 rings (SSSR count). The molecule has 0 fully saturated rings. The van der Waals surface area contributed by atoms with E-state index in [1.54, 1.807) is 24.3 Å². The first-order chi connectivity index (χ1) is 10.9. The molecule has 0 bridgehead atoms. The lowest BCUT2D eigenvalue weighted by Crippen LogP contribution is -2.37. The zero-order valence-electron chi connectivity index (χ0n) is 13.3. The molecule has 0 radical (unpaired) electrons. The highest BCUT2D eigenvalue weighted by Gasteiger charge is 2.20. The van der Waals surface area contributed by atoms with Crippen LogP contribution in [0.1, 0.15) is 0 Å². The first kappa shape index (κ1) is 16.4. The molecule has 2 aromatic rings. The molecule has 0 aliphatic rings. The van der Waals surface area contributed by atoms with Gasteiger partial charge in [0.05, 0.1) is 0 Å². The van der Waals surface area contributed by atoms with Gasteiger partial charge in [0.15, 0.2) is 0 Å². The van der Waals surface area contributed by atoms with Gasteiger partial charge < -0.3 is 20.2 Å². The highest BCUT2D eigenvalue weighted by molar-refractivity contribution is 6.44. The molecule has 0 saturated heterocycles. The number of hydrogen-bond acceptors (Lipinski definition) is 4. The molecule has 0 aliphatic carbocycles. The largest absolute Gasteiger partial charge is 0.508 e. The molecule has 0 heterocycles. The molecule has 2 aromatic carbocycles. The van der Waals surface area contributed by atoms with E-state index in [0.717, 1.165) is 5.69 Å². The fraction of sp³-hybridized carbons (Fsp3) is 0.176. The Balaban J connectivity index is 2.04. The average Bonchev–Trinajstić information content (AvgIpc) is 2.54. The van der Waals surface area contributed by atoms with E-state index in [0.29, 0.717) is 11.4 Å². The Morgan fingerprint density at radius 1 is 0.870 bits per heavy atom. The highest BCUT2D eigenvalue weighted by atomic mass is 16.3. The number of phenols is 1. The number of likely N-dealkylation sites (N-methyl/N-ethyl adjacent to an activating group) is 1. The van der Waals surface area contributed by atoms with Gasteiger partial charge in [0.2, 0.25) is 0 Å². The van der Waals surface area contributed by atoms with E-state index in [-0.39, 0.29) is 5.75 Å². The van der Waals surface area contributed by atoms with Crippen molar-refractivity contribution < 1.29 is 14.7 Å². The Bertz CT molecular complexity index is 694. The molecule has 0 aromatic heterocycles. The van der Waals surface area contributed by atoms with E-state index >= 15 is 0 Å². The number of hydrogen-bond donors (Lipinski definition) is 2. The van der Waals surface area contributed by atoms with Crippen LogP contribution in [0, 0.1) is 0 Å². The Morgan fingerprint density at radius 3 is 1.91 bits per heavy atom. The number of nitrogens with zero attached hydrogens (tertiary/aromatic N) is 2. The van der Waals surface area contributed by atoms with Crippen molar-refractivity contribution >= 4 is 28.9 Å². The summed E-state index contributed by atoms with van der Waals surface area (Å²) in [4.78, 5) is 27.4. The van der Waals surface area contributed by atoms with Crippen molar-refractivity contribution in [1.29, 1.82) is 0 Å². The molecule has 0 saturated carbocycles. The Morgan fingerprint density at radius 2 is 1.39 bits per heavy atom. The quantitative estimate of drug-likeness (QED) is 0.851. The zero-order valence-corrected chi connectivity index (χ0v) is 13.3. The molecular weight excluding hydrogens is 294 g/mol. The average molecular weight is 313 g/mol. The van der Waals surface area contributed by atoms with Crippen LogP contribution in [0.25, 0.3) is 0 Å². The molecule has 2 amide bonds. The highest BCUT2D eigenvalue weighted by Crippen LogP contribution is 2.18. The number of amides is 2. The van der Waals surface area contributed by atoms with Gasteiger partial charge in [-0.1, -0.05) is 0 Å². The summed E-state index contributed by atoms with van der Waals surface area (Å²) in [6, 6.07) is 13.2. The maximum absolute atomic E-state index is 12.2. The van der Waals surface area contributed by atoms with Crippen LogP contribution in [-0.2, 0) is 9.59 Å². The lowest BCUT2D eigenvalue weighted by molar-refractivity contribution is -0.134. The second-order valence-corrected chi connectivity index (χ2v) is 5.28. The van der Waals surface area contributed by atoms with Crippen LogP contribution in [0.5, 0.6) is 5.75 Å². The molecule has 0 unspecified atom stereocenters. The first-order valence-electron chi connectivity index (χ1n) is 7.04. The predicted molar refractivity (Wildman–Crippen MR) is 90.9 cm³/mol. The number of nitrogens with one attached hydrogen (secondary N) is 1. The van der Waals surface area contributed by atoms with Gasteiger partial charge in [-0.05, 0) is 48.5 Å². The molecule has 0 atom stereocenters. The number of carbonyl (C=O) groups is 2. The van der Waals surface area contributed by atoms with Crippen LogP contribution in [0.4, 0.5) is 17.1 Å². The van der Waals surface area contributed by atoms with Gasteiger partial charge in [0, 0.05) is 38.2 Å². The Hall–Kier alpha value is -3.02.